The number of hydrogen-bond donors (Lipinski definition) is 1. The van der Waals surface area contributed by atoms with Crippen LogP contribution in [0.3, 0.4) is 0 Å². The third-order valence-electron chi connectivity index (χ3n) is 1.83. The standard InChI is InChI=1S/C9H10N4O/c10-9(14)8-4-2-1-3-7(8)5-6-12-13-11/h1-4H,5-6H2,(H2,10,14). The molecule has 1 aromatic carbocycles. The minimum atomic E-state index is -0.457. The Kier molecular flexibility index (Phi) is 3.52. The lowest BCUT2D eigenvalue weighted by Crippen LogP contribution is -2.13. The van der Waals surface area contributed by atoms with E-state index in [1.807, 2.05) is 6.07 Å². The van der Waals surface area contributed by atoms with Gasteiger partial charge in [0, 0.05) is 17.0 Å². The lowest BCUT2D eigenvalue weighted by Gasteiger charge is -2.03. The van der Waals surface area contributed by atoms with E-state index in [-0.39, 0.29) is 0 Å². The van der Waals surface area contributed by atoms with Gasteiger partial charge >= 0.3 is 0 Å². The van der Waals surface area contributed by atoms with Crippen LogP contribution in [0.5, 0.6) is 0 Å². The first kappa shape index (κ1) is 10.1. The van der Waals surface area contributed by atoms with Crippen LogP contribution in [0.2, 0.25) is 0 Å². The number of benzene rings is 1. The van der Waals surface area contributed by atoms with Crippen LogP contribution in [-0.2, 0) is 6.42 Å². The normalized spacial score (nSPS) is 9.14. The number of azide groups is 1. The minimum absolute atomic E-state index is 0.334. The maximum Gasteiger partial charge on any atom is 0.248 e. The summed E-state index contributed by atoms with van der Waals surface area (Å²) in [6, 6.07) is 7.02. The maximum absolute atomic E-state index is 11.0. The quantitative estimate of drug-likeness (QED) is 0.436. The van der Waals surface area contributed by atoms with Gasteiger partial charge in [0.15, 0.2) is 0 Å². The van der Waals surface area contributed by atoms with Gasteiger partial charge in [-0.3, -0.25) is 4.79 Å². The van der Waals surface area contributed by atoms with E-state index in [4.69, 9.17) is 11.3 Å². The summed E-state index contributed by atoms with van der Waals surface area (Å²) in [5.74, 6) is -0.457. The van der Waals surface area contributed by atoms with Crippen LogP contribution in [0.25, 0.3) is 10.4 Å². The zero-order chi connectivity index (χ0) is 10.4. The predicted octanol–water partition coefficient (Wildman–Crippen LogP) is 1.64. The Balaban J connectivity index is 2.84. The van der Waals surface area contributed by atoms with Crippen LogP contribution in [0.4, 0.5) is 0 Å². The molecule has 0 bridgehead atoms. The Morgan fingerprint density at radius 3 is 2.86 bits per heavy atom. The molecule has 0 aromatic heterocycles. The summed E-state index contributed by atoms with van der Waals surface area (Å²) < 4.78 is 0. The second kappa shape index (κ2) is 4.89. The van der Waals surface area contributed by atoms with Crippen LogP contribution in [0.15, 0.2) is 29.4 Å². The van der Waals surface area contributed by atoms with Crippen molar-refractivity contribution in [2.45, 2.75) is 6.42 Å². The Morgan fingerprint density at radius 1 is 1.50 bits per heavy atom. The lowest BCUT2D eigenvalue weighted by atomic mass is 10.0. The molecule has 0 spiro atoms. The number of rotatable bonds is 4. The molecule has 0 radical (unpaired) electrons. The van der Waals surface area contributed by atoms with E-state index in [1.165, 1.54) is 0 Å². The molecular formula is C9H10N4O. The van der Waals surface area contributed by atoms with Crippen molar-refractivity contribution in [3.63, 3.8) is 0 Å². The largest absolute Gasteiger partial charge is 0.366 e. The molecule has 1 aromatic rings. The molecule has 0 saturated carbocycles. The number of carbonyl (C=O) groups excluding carboxylic acids is 1. The molecule has 0 saturated heterocycles. The number of primary amides is 1. The first-order valence-corrected chi connectivity index (χ1v) is 4.14. The van der Waals surface area contributed by atoms with Crippen molar-refractivity contribution in [3.05, 3.63) is 45.8 Å². The van der Waals surface area contributed by atoms with E-state index in [0.29, 0.717) is 18.5 Å². The average Bonchev–Trinajstić information content (AvgIpc) is 2.19. The van der Waals surface area contributed by atoms with Crippen molar-refractivity contribution >= 4 is 5.91 Å². The van der Waals surface area contributed by atoms with Crippen LogP contribution < -0.4 is 5.73 Å². The summed E-state index contributed by atoms with van der Waals surface area (Å²) >= 11 is 0. The molecule has 2 N–H and O–H groups in total. The van der Waals surface area contributed by atoms with Crippen LogP contribution >= 0.6 is 0 Å². The number of amides is 1. The van der Waals surface area contributed by atoms with Crippen molar-refractivity contribution in [2.75, 3.05) is 6.54 Å². The van der Waals surface area contributed by atoms with Crippen molar-refractivity contribution in [2.24, 2.45) is 10.8 Å². The van der Waals surface area contributed by atoms with Gasteiger partial charge in [-0.15, -0.1) is 0 Å². The van der Waals surface area contributed by atoms with Crippen LogP contribution in [0.1, 0.15) is 15.9 Å². The molecule has 72 valence electrons. The van der Waals surface area contributed by atoms with Gasteiger partial charge in [-0.1, -0.05) is 23.3 Å². The highest BCUT2D eigenvalue weighted by Crippen LogP contribution is 2.08. The Morgan fingerprint density at radius 2 is 2.21 bits per heavy atom. The van der Waals surface area contributed by atoms with Crippen molar-refractivity contribution in [3.8, 4) is 0 Å². The number of nitrogens with zero attached hydrogens (tertiary/aromatic N) is 3. The van der Waals surface area contributed by atoms with Crippen LogP contribution in [0, 0.1) is 0 Å². The Labute approximate surface area is 81.2 Å². The van der Waals surface area contributed by atoms with E-state index in [1.54, 1.807) is 18.2 Å². The fourth-order valence-electron chi connectivity index (χ4n) is 1.19. The van der Waals surface area contributed by atoms with E-state index < -0.39 is 5.91 Å². The molecule has 0 aliphatic heterocycles. The molecule has 5 heteroatoms. The summed E-state index contributed by atoms with van der Waals surface area (Å²) in [4.78, 5) is 13.6. The molecule has 1 rings (SSSR count). The smallest absolute Gasteiger partial charge is 0.248 e. The highest BCUT2D eigenvalue weighted by atomic mass is 16.1. The number of hydrogen-bond acceptors (Lipinski definition) is 2. The SMILES string of the molecule is [N-]=[N+]=NCCc1ccccc1C(N)=O. The number of carbonyl (C=O) groups is 1. The summed E-state index contributed by atoms with van der Waals surface area (Å²) in [5.41, 5.74) is 14.6. The summed E-state index contributed by atoms with van der Waals surface area (Å²) in [5, 5.41) is 3.40. The molecule has 1 amide bonds. The second-order valence-electron chi connectivity index (χ2n) is 2.73. The summed E-state index contributed by atoms with van der Waals surface area (Å²) in [6.07, 6.45) is 0.531. The van der Waals surface area contributed by atoms with Gasteiger partial charge in [-0.25, -0.2) is 0 Å². The van der Waals surface area contributed by atoms with E-state index in [9.17, 15) is 4.79 Å². The third-order valence-corrected chi connectivity index (χ3v) is 1.83. The average molecular weight is 190 g/mol. The van der Waals surface area contributed by atoms with Crippen molar-refractivity contribution in [1.29, 1.82) is 0 Å². The van der Waals surface area contributed by atoms with E-state index in [0.717, 1.165) is 5.56 Å². The van der Waals surface area contributed by atoms with Gasteiger partial charge in [0.2, 0.25) is 5.91 Å². The van der Waals surface area contributed by atoms with Gasteiger partial charge in [0.05, 0.1) is 0 Å². The molecule has 0 fully saturated rings. The van der Waals surface area contributed by atoms with Gasteiger partial charge in [0.1, 0.15) is 0 Å². The van der Waals surface area contributed by atoms with Gasteiger partial charge in [0.25, 0.3) is 0 Å². The zero-order valence-corrected chi connectivity index (χ0v) is 7.55. The minimum Gasteiger partial charge on any atom is -0.366 e. The maximum atomic E-state index is 11.0. The van der Waals surface area contributed by atoms with Crippen molar-refractivity contribution in [1.82, 2.24) is 0 Å². The molecule has 0 aliphatic rings. The molecule has 0 atom stereocenters. The topological polar surface area (TPSA) is 91.8 Å². The Bertz CT molecular complexity index is 382. The Hall–Kier alpha value is -2.00. The van der Waals surface area contributed by atoms with Crippen LogP contribution in [-0.4, -0.2) is 12.5 Å². The monoisotopic (exact) mass is 190 g/mol. The predicted molar refractivity (Wildman–Crippen MR) is 52.7 cm³/mol. The highest BCUT2D eigenvalue weighted by Gasteiger charge is 2.05. The number of nitrogens with two attached hydrogens (primary N) is 1. The lowest BCUT2D eigenvalue weighted by molar-refractivity contribution is 0.0999. The molecule has 14 heavy (non-hydrogen) atoms. The fourth-order valence-corrected chi connectivity index (χ4v) is 1.19. The van der Waals surface area contributed by atoms with Gasteiger partial charge in [-0.05, 0) is 23.6 Å². The highest BCUT2D eigenvalue weighted by molar-refractivity contribution is 5.94. The molecule has 5 nitrogen and oxygen atoms in total. The van der Waals surface area contributed by atoms with Gasteiger partial charge in [-0.2, -0.15) is 0 Å². The first-order chi connectivity index (χ1) is 6.75. The molecule has 0 aliphatic carbocycles. The summed E-state index contributed by atoms with van der Waals surface area (Å²) in [6.45, 7) is 0.334. The van der Waals surface area contributed by atoms with Gasteiger partial charge < -0.3 is 5.73 Å². The molecular weight excluding hydrogens is 180 g/mol. The first-order valence-electron chi connectivity index (χ1n) is 4.14. The molecule has 0 unspecified atom stereocenters. The van der Waals surface area contributed by atoms with E-state index >= 15 is 0 Å². The van der Waals surface area contributed by atoms with Crippen molar-refractivity contribution < 1.29 is 4.79 Å². The zero-order valence-electron chi connectivity index (χ0n) is 7.55. The molecule has 0 heterocycles. The summed E-state index contributed by atoms with van der Waals surface area (Å²) in [7, 11) is 0. The fraction of sp³-hybridized carbons (Fsp3) is 0.222. The van der Waals surface area contributed by atoms with E-state index in [2.05, 4.69) is 10.0 Å². The third kappa shape index (κ3) is 2.50. The second-order valence-corrected chi connectivity index (χ2v) is 2.73.